The Kier molecular flexibility index (Phi) is 8.72. The lowest BCUT2D eigenvalue weighted by atomic mass is 9.95. The van der Waals surface area contributed by atoms with Crippen molar-refractivity contribution in [2.75, 3.05) is 51.7 Å². The van der Waals surface area contributed by atoms with Gasteiger partial charge in [0.25, 0.3) is 0 Å². The van der Waals surface area contributed by atoms with E-state index in [0.717, 1.165) is 55.0 Å². The molecule has 7 heterocycles. The van der Waals surface area contributed by atoms with Crippen molar-refractivity contribution in [3.63, 3.8) is 0 Å². The fraction of sp³-hybridized carbons (Fsp3) is 0.561. The minimum Gasteiger partial charge on any atom is -0.475 e. The fourth-order valence-electron chi connectivity index (χ4n) is 9.68. The van der Waals surface area contributed by atoms with Crippen LogP contribution in [0.4, 0.5) is 15.0 Å². The number of methoxy groups -OCH3 is 1. The van der Waals surface area contributed by atoms with Crippen molar-refractivity contribution in [3.8, 4) is 28.9 Å². The molecule has 12 nitrogen and oxygen atoms in total. The molecule has 5 aliphatic heterocycles. The summed E-state index contributed by atoms with van der Waals surface area (Å²) in [7, 11) is 1.60. The number of anilines is 1. The van der Waals surface area contributed by atoms with Crippen LogP contribution in [0.15, 0.2) is 36.4 Å². The molecular weight excluding hydrogens is 691 g/mol. The number of carbonyl (C=O) groups is 1. The Hall–Kier alpha value is -4.49. The van der Waals surface area contributed by atoms with Crippen molar-refractivity contribution >= 4 is 33.6 Å². The van der Waals surface area contributed by atoms with Gasteiger partial charge in [-0.2, -0.15) is 9.97 Å². The molecule has 2 aromatic carbocycles. The van der Waals surface area contributed by atoms with Crippen molar-refractivity contribution in [1.82, 2.24) is 24.8 Å². The van der Waals surface area contributed by atoms with Gasteiger partial charge in [-0.25, -0.2) is 14.2 Å². The molecule has 0 unspecified atom stereocenters. The number of aromatic nitrogens is 3. The number of fused-ring (bicyclic) bond motifs is 7. The van der Waals surface area contributed by atoms with Gasteiger partial charge in [-0.1, -0.05) is 25.1 Å². The molecule has 4 aromatic rings. The van der Waals surface area contributed by atoms with Crippen LogP contribution in [-0.4, -0.2) is 113 Å². The summed E-state index contributed by atoms with van der Waals surface area (Å²) in [5.41, 5.74) is 2.41. The lowest BCUT2D eigenvalue weighted by Gasteiger charge is -2.46. The summed E-state index contributed by atoms with van der Waals surface area (Å²) < 4.78 is 45.1. The molecule has 4 saturated heterocycles. The Morgan fingerprint density at radius 3 is 2.74 bits per heavy atom. The highest BCUT2D eigenvalue weighted by molar-refractivity contribution is 6.03. The Morgan fingerprint density at radius 1 is 1.06 bits per heavy atom. The van der Waals surface area contributed by atoms with Crippen LogP contribution >= 0.6 is 0 Å². The lowest BCUT2D eigenvalue weighted by molar-refractivity contribution is 0.00537. The van der Waals surface area contributed by atoms with Gasteiger partial charge in [-0.3, -0.25) is 9.80 Å². The third kappa shape index (κ3) is 6.03. The molecule has 0 N–H and O–H groups in total. The average Bonchev–Trinajstić information content (AvgIpc) is 3.75. The van der Waals surface area contributed by atoms with Gasteiger partial charge in [0, 0.05) is 32.2 Å². The second-order valence-corrected chi connectivity index (χ2v) is 16.5. The Morgan fingerprint density at radius 2 is 1.93 bits per heavy atom. The van der Waals surface area contributed by atoms with E-state index >= 15 is 0 Å². The summed E-state index contributed by atoms with van der Waals surface area (Å²) in [6, 6.07) is 12.1. The lowest BCUT2D eigenvalue weighted by Crippen LogP contribution is -2.63. The van der Waals surface area contributed by atoms with E-state index in [2.05, 4.69) is 34.9 Å². The molecule has 9 rings (SSSR count). The Balaban J connectivity index is 1.17. The molecule has 0 aliphatic carbocycles. The largest absolute Gasteiger partial charge is 0.475 e. The maximum Gasteiger partial charge on any atom is 0.410 e. The summed E-state index contributed by atoms with van der Waals surface area (Å²) in [4.78, 5) is 35.4. The van der Waals surface area contributed by atoms with Crippen molar-refractivity contribution in [2.24, 2.45) is 0 Å². The standard InChI is InChI=1S/C41H49FN6O6/c1-6-24-9-7-10-25-15-28(53-23-50-5)16-29(34(24)25)30-17-31-35-36(45-38(44-31)52-22-41-13-8-14-46(41)19-26(42)18-41)47-20-27-11-12-32(33(47)21-51-37(35)43-30)48(27)39(49)54-40(2,3)4/h7,9-10,15-17,26-27,32-33H,6,8,11-14,18-23H2,1-5H3/t26-,27-,32+,33-,41-/m1/s1. The number of rotatable bonds is 8. The number of halogens is 1. The van der Waals surface area contributed by atoms with Crippen molar-refractivity contribution in [1.29, 1.82) is 0 Å². The second kappa shape index (κ2) is 13.4. The molecule has 5 aliphatic rings. The summed E-state index contributed by atoms with van der Waals surface area (Å²) in [6.45, 7) is 10.4. The second-order valence-electron chi connectivity index (χ2n) is 16.5. The number of aryl methyl sites for hydroxylation is 1. The summed E-state index contributed by atoms with van der Waals surface area (Å²) in [5, 5.41) is 2.81. The monoisotopic (exact) mass is 740 g/mol. The number of alkyl halides is 1. The predicted octanol–water partition coefficient (Wildman–Crippen LogP) is 6.69. The van der Waals surface area contributed by atoms with Gasteiger partial charge in [-0.05, 0) is 94.0 Å². The van der Waals surface area contributed by atoms with E-state index in [1.165, 1.54) is 5.56 Å². The van der Waals surface area contributed by atoms with E-state index < -0.39 is 11.8 Å². The van der Waals surface area contributed by atoms with Crippen molar-refractivity contribution < 1.29 is 32.9 Å². The number of pyridine rings is 1. The molecule has 286 valence electrons. The van der Waals surface area contributed by atoms with Crippen molar-refractivity contribution in [3.05, 3.63) is 42.0 Å². The molecule has 2 aromatic heterocycles. The van der Waals surface area contributed by atoms with Gasteiger partial charge >= 0.3 is 12.1 Å². The number of hydrogen-bond acceptors (Lipinski definition) is 11. The van der Waals surface area contributed by atoms with Gasteiger partial charge < -0.3 is 28.6 Å². The molecule has 0 saturated carbocycles. The summed E-state index contributed by atoms with van der Waals surface area (Å²) in [5.74, 6) is 1.77. The Labute approximate surface area is 314 Å². The van der Waals surface area contributed by atoms with E-state index in [4.69, 9.17) is 38.6 Å². The van der Waals surface area contributed by atoms with E-state index in [0.29, 0.717) is 66.8 Å². The van der Waals surface area contributed by atoms with E-state index in [9.17, 15) is 9.18 Å². The van der Waals surface area contributed by atoms with E-state index in [1.807, 2.05) is 43.9 Å². The van der Waals surface area contributed by atoms with E-state index in [1.54, 1.807) is 7.11 Å². The first kappa shape index (κ1) is 35.2. The topological polar surface area (TPSA) is 112 Å². The summed E-state index contributed by atoms with van der Waals surface area (Å²) >= 11 is 0. The quantitative estimate of drug-likeness (QED) is 0.180. The molecule has 5 atom stereocenters. The van der Waals surface area contributed by atoms with Crippen LogP contribution in [0, 0.1) is 0 Å². The van der Waals surface area contributed by atoms with Gasteiger partial charge in [0.2, 0.25) is 5.88 Å². The normalized spacial score (nSPS) is 26.1. The molecular formula is C41H49FN6O6. The first-order valence-corrected chi connectivity index (χ1v) is 19.4. The molecule has 1 amide bonds. The highest BCUT2D eigenvalue weighted by Gasteiger charge is 2.52. The number of nitrogens with zero attached hydrogens (tertiary/aromatic N) is 6. The minimum atomic E-state index is -0.867. The number of ether oxygens (including phenoxy) is 5. The molecule has 2 bridgehead atoms. The van der Waals surface area contributed by atoms with Gasteiger partial charge in [0.15, 0.2) is 6.79 Å². The zero-order valence-corrected chi connectivity index (χ0v) is 31.8. The third-order valence-electron chi connectivity index (χ3n) is 11.9. The SMILES string of the molecule is CCc1cccc2cc(OCOC)cc(-c3cc4nc(OC[C@]56CCCN5C[C@H](F)C6)nc5c4c(n3)OC[C@@H]3[C@@H]4CC[C@H](CN53)N4C(=O)OC(C)(C)C)c12. The Bertz CT molecular complexity index is 2110. The number of piperazine rings is 1. The fourth-order valence-corrected chi connectivity index (χ4v) is 9.68. The van der Waals surface area contributed by atoms with Gasteiger partial charge in [0.05, 0.1) is 34.9 Å². The van der Waals surface area contributed by atoms with Crippen LogP contribution in [0.2, 0.25) is 0 Å². The maximum atomic E-state index is 14.7. The first-order valence-electron chi connectivity index (χ1n) is 19.4. The molecule has 4 fully saturated rings. The van der Waals surface area contributed by atoms with Crippen LogP contribution in [0.1, 0.15) is 65.4 Å². The van der Waals surface area contributed by atoms with Crippen LogP contribution in [0.5, 0.6) is 17.6 Å². The molecule has 54 heavy (non-hydrogen) atoms. The van der Waals surface area contributed by atoms with Crippen LogP contribution in [0.3, 0.4) is 0 Å². The average molecular weight is 741 g/mol. The van der Waals surface area contributed by atoms with Gasteiger partial charge in [0.1, 0.15) is 41.9 Å². The van der Waals surface area contributed by atoms with Crippen LogP contribution in [-0.2, 0) is 15.9 Å². The number of hydrogen-bond donors (Lipinski definition) is 0. The van der Waals surface area contributed by atoms with Gasteiger partial charge in [-0.15, -0.1) is 0 Å². The minimum absolute atomic E-state index is 0.0520. The smallest absolute Gasteiger partial charge is 0.410 e. The zero-order valence-electron chi connectivity index (χ0n) is 31.8. The zero-order chi connectivity index (χ0) is 37.4. The molecule has 13 heteroatoms. The van der Waals surface area contributed by atoms with Crippen molar-refractivity contribution in [2.45, 2.75) is 102 Å². The summed E-state index contributed by atoms with van der Waals surface area (Å²) in [6.07, 6.45) is 3.69. The maximum absolute atomic E-state index is 14.7. The highest BCUT2D eigenvalue weighted by atomic mass is 19.1. The molecule has 0 spiro atoms. The first-order chi connectivity index (χ1) is 26.0. The number of carbonyl (C=O) groups excluding carboxylic acids is 1. The third-order valence-corrected chi connectivity index (χ3v) is 11.9. The number of benzene rings is 2. The van der Waals surface area contributed by atoms with Crippen LogP contribution in [0.25, 0.3) is 32.9 Å². The van der Waals surface area contributed by atoms with Crippen LogP contribution < -0.4 is 19.1 Å². The predicted molar refractivity (Wildman–Crippen MR) is 202 cm³/mol. The van der Waals surface area contributed by atoms with E-state index in [-0.39, 0.29) is 42.6 Å². The molecule has 0 radical (unpaired) electrons. The number of amides is 1. The highest BCUT2D eigenvalue weighted by Crippen LogP contribution is 2.46.